The molecule has 1 aromatic carbocycles. The van der Waals surface area contributed by atoms with Crippen LogP contribution >= 0.6 is 0 Å². The standard InChI is InChI=1S/C15H22N2O3/c1-11-7-8-17(9-14(11)19-2)15(18)10-20-13-6-4-3-5-12(13)16/h3-6,11,14H,7-10,16H2,1-2H3. The Hall–Kier alpha value is -1.75. The first-order valence-corrected chi connectivity index (χ1v) is 6.89. The third-order valence-corrected chi connectivity index (χ3v) is 3.81. The van der Waals surface area contributed by atoms with Crippen LogP contribution in [0.5, 0.6) is 5.75 Å². The molecule has 0 aromatic heterocycles. The molecule has 1 saturated heterocycles. The molecule has 20 heavy (non-hydrogen) atoms. The van der Waals surface area contributed by atoms with Crippen LogP contribution in [-0.2, 0) is 9.53 Å². The zero-order valence-electron chi connectivity index (χ0n) is 12.0. The normalized spacial score (nSPS) is 22.6. The molecular formula is C15H22N2O3. The number of methoxy groups -OCH3 is 1. The number of hydrogen-bond acceptors (Lipinski definition) is 4. The first-order valence-electron chi connectivity index (χ1n) is 6.89. The maximum atomic E-state index is 12.2. The molecule has 0 bridgehead atoms. The van der Waals surface area contributed by atoms with Gasteiger partial charge < -0.3 is 20.1 Å². The summed E-state index contributed by atoms with van der Waals surface area (Å²) in [6, 6.07) is 7.18. The molecule has 1 aliphatic heterocycles. The summed E-state index contributed by atoms with van der Waals surface area (Å²) in [5, 5.41) is 0. The average Bonchev–Trinajstić information content (AvgIpc) is 2.46. The zero-order chi connectivity index (χ0) is 14.5. The number of hydrogen-bond donors (Lipinski definition) is 1. The second kappa shape index (κ2) is 6.61. The highest BCUT2D eigenvalue weighted by atomic mass is 16.5. The van der Waals surface area contributed by atoms with Gasteiger partial charge >= 0.3 is 0 Å². The van der Waals surface area contributed by atoms with Crippen molar-refractivity contribution in [1.82, 2.24) is 4.90 Å². The summed E-state index contributed by atoms with van der Waals surface area (Å²) in [6.07, 6.45) is 1.06. The molecule has 0 spiro atoms. The number of nitrogen functional groups attached to an aromatic ring is 1. The summed E-state index contributed by atoms with van der Waals surface area (Å²) in [6.45, 7) is 3.55. The Morgan fingerprint density at radius 1 is 1.45 bits per heavy atom. The molecule has 1 amide bonds. The van der Waals surface area contributed by atoms with E-state index < -0.39 is 0 Å². The van der Waals surface area contributed by atoms with Crippen molar-refractivity contribution >= 4 is 11.6 Å². The highest BCUT2D eigenvalue weighted by molar-refractivity contribution is 5.78. The lowest BCUT2D eigenvalue weighted by Crippen LogP contribution is -2.48. The second-order valence-electron chi connectivity index (χ2n) is 5.21. The van der Waals surface area contributed by atoms with E-state index in [1.807, 2.05) is 12.1 Å². The summed E-state index contributed by atoms with van der Waals surface area (Å²) < 4.78 is 10.9. The molecule has 5 nitrogen and oxygen atoms in total. The van der Waals surface area contributed by atoms with Gasteiger partial charge in [0.1, 0.15) is 5.75 Å². The lowest BCUT2D eigenvalue weighted by molar-refractivity contribution is -0.138. The highest BCUT2D eigenvalue weighted by Crippen LogP contribution is 2.21. The van der Waals surface area contributed by atoms with Gasteiger partial charge in [0.25, 0.3) is 5.91 Å². The molecule has 2 rings (SSSR count). The SMILES string of the molecule is COC1CN(C(=O)COc2ccccc2N)CCC1C. The number of carbonyl (C=O) groups is 1. The van der Waals surface area contributed by atoms with Crippen LogP contribution < -0.4 is 10.5 Å². The van der Waals surface area contributed by atoms with Crippen molar-refractivity contribution in [2.75, 3.05) is 32.5 Å². The molecule has 0 saturated carbocycles. The minimum atomic E-state index is -0.0257. The second-order valence-corrected chi connectivity index (χ2v) is 5.21. The van der Waals surface area contributed by atoms with E-state index >= 15 is 0 Å². The van der Waals surface area contributed by atoms with Crippen LogP contribution in [0.4, 0.5) is 5.69 Å². The van der Waals surface area contributed by atoms with E-state index in [4.69, 9.17) is 15.2 Å². The minimum absolute atomic E-state index is 0.0129. The van der Waals surface area contributed by atoms with Crippen molar-refractivity contribution < 1.29 is 14.3 Å². The van der Waals surface area contributed by atoms with Crippen LogP contribution in [-0.4, -0.2) is 43.7 Å². The fourth-order valence-corrected chi connectivity index (χ4v) is 2.41. The Morgan fingerprint density at radius 3 is 2.90 bits per heavy atom. The van der Waals surface area contributed by atoms with Gasteiger partial charge in [-0.2, -0.15) is 0 Å². The fourth-order valence-electron chi connectivity index (χ4n) is 2.41. The fraction of sp³-hybridized carbons (Fsp3) is 0.533. The van der Waals surface area contributed by atoms with Gasteiger partial charge in [0.15, 0.2) is 6.61 Å². The van der Waals surface area contributed by atoms with Gasteiger partial charge in [-0.15, -0.1) is 0 Å². The van der Waals surface area contributed by atoms with Gasteiger partial charge in [0.05, 0.1) is 11.8 Å². The maximum absolute atomic E-state index is 12.2. The smallest absolute Gasteiger partial charge is 0.260 e. The number of benzene rings is 1. The molecule has 2 unspecified atom stereocenters. The van der Waals surface area contributed by atoms with E-state index in [1.54, 1.807) is 24.1 Å². The molecule has 1 fully saturated rings. The van der Waals surface area contributed by atoms with Gasteiger partial charge in [-0.05, 0) is 24.5 Å². The molecular weight excluding hydrogens is 256 g/mol. The minimum Gasteiger partial charge on any atom is -0.482 e. The number of nitrogens with zero attached hydrogens (tertiary/aromatic N) is 1. The molecule has 2 atom stereocenters. The number of nitrogens with two attached hydrogens (primary N) is 1. The van der Waals surface area contributed by atoms with E-state index in [9.17, 15) is 4.79 Å². The van der Waals surface area contributed by atoms with Crippen molar-refractivity contribution in [2.45, 2.75) is 19.4 Å². The monoisotopic (exact) mass is 278 g/mol. The molecule has 0 radical (unpaired) electrons. The van der Waals surface area contributed by atoms with E-state index in [-0.39, 0.29) is 18.6 Å². The molecule has 1 aromatic rings. The number of rotatable bonds is 4. The van der Waals surface area contributed by atoms with Crippen molar-refractivity contribution in [3.05, 3.63) is 24.3 Å². The summed E-state index contributed by atoms with van der Waals surface area (Å²) in [5.74, 6) is 1.01. The lowest BCUT2D eigenvalue weighted by atomic mass is 9.96. The first kappa shape index (κ1) is 14.7. The number of ether oxygens (including phenoxy) is 2. The average molecular weight is 278 g/mol. The predicted octanol–water partition coefficient (Wildman–Crippen LogP) is 1.53. The Morgan fingerprint density at radius 2 is 2.20 bits per heavy atom. The van der Waals surface area contributed by atoms with E-state index in [1.165, 1.54) is 0 Å². The van der Waals surface area contributed by atoms with E-state index in [2.05, 4.69) is 6.92 Å². The number of carbonyl (C=O) groups excluding carboxylic acids is 1. The van der Waals surface area contributed by atoms with E-state index in [0.717, 1.165) is 13.0 Å². The van der Waals surface area contributed by atoms with Crippen molar-refractivity contribution in [2.24, 2.45) is 5.92 Å². The van der Waals surface area contributed by atoms with Crippen LogP contribution in [0.1, 0.15) is 13.3 Å². The van der Waals surface area contributed by atoms with Crippen LogP contribution in [0.15, 0.2) is 24.3 Å². The van der Waals surface area contributed by atoms with Crippen molar-refractivity contribution in [3.63, 3.8) is 0 Å². The molecule has 1 aliphatic rings. The predicted molar refractivity (Wildman–Crippen MR) is 77.5 cm³/mol. The van der Waals surface area contributed by atoms with Crippen molar-refractivity contribution in [1.29, 1.82) is 0 Å². The Balaban J connectivity index is 1.88. The maximum Gasteiger partial charge on any atom is 0.260 e. The molecule has 0 aliphatic carbocycles. The summed E-state index contributed by atoms with van der Waals surface area (Å²) in [4.78, 5) is 14.0. The molecule has 5 heteroatoms. The third-order valence-electron chi connectivity index (χ3n) is 3.81. The van der Waals surface area contributed by atoms with Crippen LogP contribution in [0.3, 0.4) is 0 Å². The Labute approximate surface area is 119 Å². The number of para-hydroxylation sites is 2. The largest absolute Gasteiger partial charge is 0.482 e. The number of piperidine rings is 1. The molecule has 2 N–H and O–H groups in total. The highest BCUT2D eigenvalue weighted by Gasteiger charge is 2.28. The topological polar surface area (TPSA) is 64.8 Å². The summed E-state index contributed by atoms with van der Waals surface area (Å²) in [7, 11) is 1.69. The number of amides is 1. The van der Waals surface area contributed by atoms with E-state index in [0.29, 0.717) is 23.9 Å². The van der Waals surface area contributed by atoms with Gasteiger partial charge in [0.2, 0.25) is 0 Å². The van der Waals surface area contributed by atoms with Crippen LogP contribution in [0.2, 0.25) is 0 Å². The van der Waals surface area contributed by atoms with Gasteiger partial charge in [0, 0.05) is 20.2 Å². The molecule has 110 valence electrons. The number of likely N-dealkylation sites (tertiary alicyclic amines) is 1. The third kappa shape index (κ3) is 3.42. The van der Waals surface area contributed by atoms with Gasteiger partial charge in [-0.1, -0.05) is 19.1 Å². The molecule has 1 heterocycles. The van der Waals surface area contributed by atoms with Crippen LogP contribution in [0, 0.1) is 5.92 Å². The van der Waals surface area contributed by atoms with Crippen LogP contribution in [0.25, 0.3) is 0 Å². The number of anilines is 1. The van der Waals surface area contributed by atoms with Gasteiger partial charge in [-0.25, -0.2) is 0 Å². The van der Waals surface area contributed by atoms with Gasteiger partial charge in [-0.3, -0.25) is 4.79 Å². The van der Waals surface area contributed by atoms with Crippen molar-refractivity contribution in [3.8, 4) is 5.75 Å². The summed E-state index contributed by atoms with van der Waals surface area (Å²) in [5.41, 5.74) is 6.32. The Bertz CT molecular complexity index is 464. The first-order chi connectivity index (χ1) is 9.61. The lowest BCUT2D eigenvalue weighted by Gasteiger charge is -2.36. The Kier molecular flexibility index (Phi) is 4.84. The zero-order valence-corrected chi connectivity index (χ0v) is 12.0. The quantitative estimate of drug-likeness (QED) is 0.848. The summed E-state index contributed by atoms with van der Waals surface area (Å²) >= 11 is 0.